The van der Waals surface area contributed by atoms with Gasteiger partial charge >= 0.3 is 0 Å². The lowest BCUT2D eigenvalue weighted by Gasteiger charge is -1.96. The molecule has 0 saturated carbocycles. The van der Waals surface area contributed by atoms with Gasteiger partial charge in [-0.2, -0.15) is 0 Å². The highest BCUT2D eigenvalue weighted by atomic mass is 16.4. The van der Waals surface area contributed by atoms with Gasteiger partial charge in [0.2, 0.25) is 0 Å². The van der Waals surface area contributed by atoms with Crippen LogP contribution in [0.15, 0.2) is 0 Å². The number of carboxylic acids is 1. The number of aliphatic carboxylic acids is 1. The molecule has 0 heterocycles. The second-order valence-corrected chi connectivity index (χ2v) is 2.56. The maximum absolute atomic E-state index is 9.00. The van der Waals surface area contributed by atoms with Gasteiger partial charge in [-0.25, -0.2) is 0 Å². The molecule has 0 aliphatic rings. The van der Waals surface area contributed by atoms with Crippen molar-refractivity contribution < 1.29 is 40.5 Å². The van der Waals surface area contributed by atoms with E-state index in [1.807, 2.05) is 0 Å². The fourth-order valence-electron chi connectivity index (χ4n) is 0.115. The van der Waals surface area contributed by atoms with Gasteiger partial charge < -0.3 is 35.7 Å². The number of hydrogen-bond donors (Lipinski definition) is 7. The molecule has 0 aliphatic heterocycles. The molecule has 0 rings (SSSR count). The minimum absolute atomic E-state index is 0.365. The first-order chi connectivity index (χ1) is 7.35. The molecule has 0 radical (unpaired) electrons. The van der Waals surface area contributed by atoms with E-state index in [0.717, 1.165) is 6.92 Å². The molecule has 16 heavy (non-hydrogen) atoms. The molecule has 0 spiro atoms. The SMILES string of the molecule is CC(=O)O.OCC(O)CO.OCC(O)CO. The zero-order chi connectivity index (χ0) is 13.6. The van der Waals surface area contributed by atoms with Gasteiger partial charge in [0, 0.05) is 6.92 Å². The predicted molar refractivity (Wildman–Crippen MR) is 53.7 cm³/mol. The van der Waals surface area contributed by atoms with Gasteiger partial charge in [0.25, 0.3) is 5.97 Å². The Bertz CT molecular complexity index is 118. The lowest BCUT2D eigenvalue weighted by Crippen LogP contribution is -2.15. The summed E-state index contributed by atoms with van der Waals surface area (Å²) in [6.45, 7) is -0.375. The Morgan fingerprint density at radius 3 is 1.00 bits per heavy atom. The van der Waals surface area contributed by atoms with Gasteiger partial charge in [0.1, 0.15) is 12.2 Å². The fourth-order valence-corrected chi connectivity index (χ4v) is 0.115. The first-order valence-electron chi connectivity index (χ1n) is 4.34. The third kappa shape index (κ3) is 37.9. The summed E-state index contributed by atoms with van der Waals surface area (Å²) < 4.78 is 0. The standard InChI is InChI=1S/2C3H8O3.C2H4O2/c2*4-1-3(6)2-5;1-2(3)4/h2*3-6H,1-2H2;1H3,(H,3,4). The summed E-state index contributed by atoms with van der Waals surface area (Å²) in [5.74, 6) is -0.833. The fraction of sp³-hybridized carbons (Fsp3) is 0.875. The molecule has 7 N–H and O–H groups in total. The zero-order valence-corrected chi connectivity index (χ0v) is 9.02. The van der Waals surface area contributed by atoms with Gasteiger partial charge in [-0.3, -0.25) is 4.79 Å². The summed E-state index contributed by atoms with van der Waals surface area (Å²) >= 11 is 0. The Hall–Kier alpha value is -0.770. The highest BCUT2D eigenvalue weighted by molar-refractivity contribution is 5.62. The monoisotopic (exact) mass is 244 g/mol. The third-order valence-electron chi connectivity index (χ3n) is 0.843. The Kier molecular flexibility index (Phi) is 21.5. The Balaban J connectivity index is -0.000000162. The van der Waals surface area contributed by atoms with Gasteiger partial charge in [-0.1, -0.05) is 0 Å². The van der Waals surface area contributed by atoms with Gasteiger partial charge in [-0.15, -0.1) is 0 Å². The van der Waals surface area contributed by atoms with E-state index in [1.54, 1.807) is 0 Å². The summed E-state index contributed by atoms with van der Waals surface area (Å²) in [6, 6.07) is 0. The van der Waals surface area contributed by atoms with Crippen molar-refractivity contribution in [2.75, 3.05) is 26.4 Å². The summed E-state index contributed by atoms with van der Waals surface area (Å²) in [5.41, 5.74) is 0. The Morgan fingerprint density at radius 1 is 0.875 bits per heavy atom. The summed E-state index contributed by atoms with van der Waals surface area (Å²) in [4.78, 5) is 9.00. The molecule has 0 atom stereocenters. The maximum Gasteiger partial charge on any atom is 0.300 e. The van der Waals surface area contributed by atoms with E-state index >= 15 is 0 Å². The number of aliphatic hydroxyl groups excluding tert-OH is 6. The molecule has 0 aromatic carbocycles. The van der Waals surface area contributed by atoms with Crippen LogP contribution in [0.2, 0.25) is 0 Å². The summed E-state index contributed by atoms with van der Waals surface area (Å²) in [6.07, 6.45) is -1.91. The van der Waals surface area contributed by atoms with Crippen molar-refractivity contribution in [3.8, 4) is 0 Å². The zero-order valence-electron chi connectivity index (χ0n) is 9.02. The molecule has 0 aromatic rings. The molecule has 0 bridgehead atoms. The number of hydrogen-bond acceptors (Lipinski definition) is 7. The van der Waals surface area contributed by atoms with Crippen LogP contribution in [-0.2, 0) is 4.79 Å². The van der Waals surface area contributed by atoms with Crippen molar-refractivity contribution in [3.63, 3.8) is 0 Å². The van der Waals surface area contributed by atoms with E-state index in [2.05, 4.69) is 0 Å². The van der Waals surface area contributed by atoms with E-state index in [9.17, 15) is 0 Å². The topological polar surface area (TPSA) is 159 Å². The van der Waals surface area contributed by atoms with Crippen LogP contribution in [0.3, 0.4) is 0 Å². The maximum atomic E-state index is 9.00. The van der Waals surface area contributed by atoms with E-state index in [1.165, 1.54) is 0 Å². The molecule has 100 valence electrons. The second kappa shape index (κ2) is 16.7. The molecular weight excluding hydrogens is 224 g/mol. The van der Waals surface area contributed by atoms with Crippen LogP contribution in [0.4, 0.5) is 0 Å². The van der Waals surface area contributed by atoms with E-state index in [0.29, 0.717) is 0 Å². The molecule has 0 fully saturated rings. The Morgan fingerprint density at radius 2 is 1.00 bits per heavy atom. The van der Waals surface area contributed by atoms with Crippen LogP contribution < -0.4 is 0 Å². The van der Waals surface area contributed by atoms with E-state index in [-0.39, 0.29) is 26.4 Å². The molecule has 8 heteroatoms. The number of aliphatic hydroxyl groups is 6. The average Bonchev–Trinajstić information content (AvgIpc) is 2.26. The molecule has 0 aliphatic carbocycles. The van der Waals surface area contributed by atoms with Crippen molar-refractivity contribution in [1.29, 1.82) is 0 Å². The van der Waals surface area contributed by atoms with Crippen LogP contribution in [0.25, 0.3) is 0 Å². The van der Waals surface area contributed by atoms with Crippen molar-refractivity contribution in [3.05, 3.63) is 0 Å². The van der Waals surface area contributed by atoms with Crippen LogP contribution >= 0.6 is 0 Å². The number of rotatable bonds is 4. The van der Waals surface area contributed by atoms with Gasteiger partial charge in [0.05, 0.1) is 26.4 Å². The predicted octanol–water partition coefficient (Wildman–Crippen LogP) is -3.25. The van der Waals surface area contributed by atoms with Crippen molar-refractivity contribution >= 4 is 5.97 Å². The normalized spacial score (nSPS) is 9.06. The van der Waals surface area contributed by atoms with E-state index < -0.39 is 18.2 Å². The number of carbonyl (C=O) groups is 1. The first kappa shape index (κ1) is 20.6. The second-order valence-electron chi connectivity index (χ2n) is 2.56. The van der Waals surface area contributed by atoms with Crippen molar-refractivity contribution in [2.24, 2.45) is 0 Å². The number of carboxylic acid groups (broad SMARTS) is 1. The lowest BCUT2D eigenvalue weighted by molar-refractivity contribution is -0.134. The highest BCUT2D eigenvalue weighted by Gasteiger charge is 1.94. The van der Waals surface area contributed by atoms with Crippen LogP contribution in [0.5, 0.6) is 0 Å². The molecule has 0 amide bonds. The highest BCUT2D eigenvalue weighted by Crippen LogP contribution is 1.72. The van der Waals surface area contributed by atoms with Crippen molar-refractivity contribution in [2.45, 2.75) is 19.1 Å². The average molecular weight is 244 g/mol. The minimum Gasteiger partial charge on any atom is -0.481 e. The minimum atomic E-state index is -0.954. The van der Waals surface area contributed by atoms with Crippen LogP contribution in [-0.4, -0.2) is 80.4 Å². The first-order valence-corrected chi connectivity index (χ1v) is 4.34. The van der Waals surface area contributed by atoms with E-state index in [4.69, 9.17) is 40.5 Å². The molecule has 0 unspecified atom stereocenters. The summed E-state index contributed by atoms with van der Waals surface area (Å²) in [5, 5.41) is 55.4. The van der Waals surface area contributed by atoms with Crippen LogP contribution in [0.1, 0.15) is 6.92 Å². The van der Waals surface area contributed by atoms with Crippen molar-refractivity contribution in [1.82, 2.24) is 0 Å². The van der Waals surface area contributed by atoms with Crippen LogP contribution in [0, 0.1) is 0 Å². The smallest absolute Gasteiger partial charge is 0.300 e. The largest absolute Gasteiger partial charge is 0.481 e. The van der Waals surface area contributed by atoms with Gasteiger partial charge in [0.15, 0.2) is 0 Å². The molecule has 0 saturated heterocycles. The lowest BCUT2D eigenvalue weighted by atomic mass is 10.4. The van der Waals surface area contributed by atoms with Gasteiger partial charge in [-0.05, 0) is 0 Å². The summed E-state index contributed by atoms with van der Waals surface area (Å²) in [7, 11) is 0. The third-order valence-corrected chi connectivity index (χ3v) is 0.843. The molecule has 8 nitrogen and oxygen atoms in total. The molecular formula is C8H20O8. The quantitative estimate of drug-likeness (QED) is 0.271. The Labute approximate surface area is 93.0 Å². The molecule has 0 aromatic heterocycles.